The Hall–Kier alpha value is -6.05. The van der Waals surface area contributed by atoms with E-state index in [1.54, 1.807) is 4.90 Å². The lowest BCUT2D eigenvalue weighted by atomic mass is 9.44. The van der Waals surface area contributed by atoms with Crippen LogP contribution in [0.4, 0.5) is 11.4 Å². The zero-order valence-electron chi connectivity index (χ0n) is 43.6. The van der Waals surface area contributed by atoms with Crippen molar-refractivity contribution >= 4 is 180 Å². The first-order chi connectivity index (χ1) is 38.2. The molecule has 0 saturated heterocycles. The second kappa shape index (κ2) is 20.1. The van der Waals surface area contributed by atoms with E-state index in [2.05, 4.69) is 115 Å². The molecule has 0 aromatic heterocycles. The van der Waals surface area contributed by atoms with Gasteiger partial charge in [0.25, 0.3) is 0 Å². The van der Waals surface area contributed by atoms with E-state index < -0.39 is 40.6 Å². The summed E-state index contributed by atoms with van der Waals surface area (Å²) in [5, 5.41) is 0. The molecule has 0 heterocycles. The Kier molecular flexibility index (Phi) is 13.7. The van der Waals surface area contributed by atoms with E-state index in [1.165, 1.54) is 44.5 Å². The molecule has 1 nitrogen and oxygen atoms in total. The molecule has 1 spiro atoms. The van der Waals surface area contributed by atoms with E-state index in [9.17, 15) is 0 Å². The van der Waals surface area contributed by atoms with E-state index in [0.29, 0.717) is 5.69 Å². The van der Waals surface area contributed by atoms with E-state index in [0.717, 1.165) is 22.3 Å². The third-order valence-corrected chi connectivity index (χ3v) is 17.3. The zero-order valence-corrected chi connectivity index (χ0v) is 43.6. The molecule has 6 atom stereocenters. The third kappa shape index (κ3) is 7.69. The highest BCUT2D eigenvalue weighted by Crippen LogP contribution is 2.64. The van der Waals surface area contributed by atoms with Gasteiger partial charge in [-0.2, -0.15) is 0 Å². The molecule has 7 aromatic carbocycles. The van der Waals surface area contributed by atoms with Crippen molar-refractivity contribution in [3.8, 4) is 44.5 Å². The average Bonchev–Trinajstić information content (AvgIpc) is 4.01. The highest BCUT2D eigenvalue weighted by Gasteiger charge is 2.52. The first kappa shape index (κ1) is 54.5. The summed E-state index contributed by atoms with van der Waals surface area (Å²) in [6.45, 7) is 0. The van der Waals surface area contributed by atoms with Gasteiger partial charge >= 0.3 is 0 Å². The lowest BCUT2D eigenvalue weighted by Gasteiger charge is -2.49. The molecule has 80 heavy (non-hydrogen) atoms. The van der Waals surface area contributed by atoms with Crippen molar-refractivity contribution in [1.29, 1.82) is 0 Å². The van der Waals surface area contributed by atoms with E-state index in [4.69, 9.17) is 141 Å². The third-order valence-electron chi connectivity index (χ3n) is 17.3. The fourth-order valence-electron chi connectivity index (χ4n) is 13.2. The summed E-state index contributed by atoms with van der Waals surface area (Å²) >= 11 is 0. The molecule has 12 rings (SSSR count). The van der Waals surface area contributed by atoms with Gasteiger partial charge in [-0.15, -0.1) is 54.7 Å². The van der Waals surface area contributed by atoms with Crippen LogP contribution in [0.3, 0.4) is 0 Å². The summed E-state index contributed by atoms with van der Waals surface area (Å²) in [6.07, 6.45) is 0. The minimum atomic E-state index is -1.17. The molecule has 0 aliphatic heterocycles. The molecule has 19 heteroatoms. The highest BCUT2D eigenvalue weighted by atomic mass is 15.2. The number of rotatable bonds is 7. The maximum Gasteiger partial charge on any atom is 0.115 e. The fraction of sp³-hybridized carbons (Fsp3) is 0.115. The van der Waals surface area contributed by atoms with Crippen LogP contribution in [0.2, 0.25) is 23.3 Å². The van der Waals surface area contributed by atoms with Crippen LogP contribution in [-0.2, 0) is 5.41 Å². The van der Waals surface area contributed by atoms with Crippen LogP contribution in [0.25, 0.3) is 50.1 Å². The van der Waals surface area contributed by atoms with Crippen molar-refractivity contribution in [2.24, 2.45) is 5.92 Å². The van der Waals surface area contributed by atoms with Crippen molar-refractivity contribution in [3.05, 3.63) is 228 Å². The largest absolute Gasteiger partial charge is 0.336 e. The van der Waals surface area contributed by atoms with Gasteiger partial charge in [-0.25, -0.2) is 0 Å². The van der Waals surface area contributed by atoms with Gasteiger partial charge in [0.05, 0.1) is 36.8 Å². The molecular weight excluding hydrogens is 941 g/mol. The Bertz CT molecular complexity index is 3980. The van der Waals surface area contributed by atoms with Gasteiger partial charge in [-0.05, 0) is 102 Å². The zero-order chi connectivity index (χ0) is 56.7. The van der Waals surface area contributed by atoms with Gasteiger partial charge in [0.2, 0.25) is 0 Å². The number of fused-ring (bicyclic) bond motifs is 10. The Morgan fingerprint density at radius 1 is 0.325 bits per heavy atom. The number of nitrogens with zero attached hydrogens (tertiary/aromatic N) is 1. The molecule has 36 radical (unpaired) electrons. The van der Waals surface area contributed by atoms with Crippen LogP contribution >= 0.6 is 0 Å². The Balaban J connectivity index is 0.995. The van der Waals surface area contributed by atoms with Gasteiger partial charge in [0, 0.05) is 17.4 Å². The number of anilines is 2. The summed E-state index contributed by atoms with van der Waals surface area (Å²) < 4.78 is 0. The fourth-order valence-corrected chi connectivity index (χ4v) is 13.2. The van der Waals surface area contributed by atoms with Gasteiger partial charge in [-0.3, -0.25) is 0 Å². The smallest absolute Gasteiger partial charge is 0.115 e. The molecule has 0 fully saturated rings. The molecular formula is C61H29B18N. The van der Waals surface area contributed by atoms with Crippen molar-refractivity contribution in [2.75, 3.05) is 4.90 Å². The summed E-state index contributed by atoms with van der Waals surface area (Å²) in [6, 6.07) is 48.0. The first-order valence-corrected chi connectivity index (χ1v) is 26.0. The van der Waals surface area contributed by atoms with Gasteiger partial charge in [-0.1, -0.05) is 172 Å². The Morgan fingerprint density at radius 3 is 1.43 bits per heavy atom. The molecule has 5 aliphatic rings. The minimum absolute atomic E-state index is 0.00838. The predicted molar refractivity (Wildman–Crippen MR) is 349 cm³/mol. The maximum absolute atomic E-state index is 7.26. The normalized spacial score (nSPS) is 21.9. The van der Waals surface area contributed by atoms with Gasteiger partial charge in [0.15, 0.2) is 0 Å². The predicted octanol–water partition coefficient (Wildman–Crippen LogP) is 4.03. The summed E-state index contributed by atoms with van der Waals surface area (Å²) in [5.74, 6) is -5.08. The molecule has 6 unspecified atom stereocenters. The summed E-state index contributed by atoms with van der Waals surface area (Å²) in [5.41, 5.74) is 14.8. The van der Waals surface area contributed by atoms with E-state index >= 15 is 0 Å². The van der Waals surface area contributed by atoms with Crippen LogP contribution in [0.5, 0.6) is 0 Å². The van der Waals surface area contributed by atoms with Crippen LogP contribution in [0, 0.1) is 5.92 Å². The maximum atomic E-state index is 7.26. The van der Waals surface area contributed by atoms with Crippen molar-refractivity contribution in [3.63, 3.8) is 0 Å². The quantitative estimate of drug-likeness (QED) is 0.219. The van der Waals surface area contributed by atoms with Crippen molar-refractivity contribution in [1.82, 2.24) is 0 Å². The Morgan fingerprint density at radius 2 is 0.812 bits per heavy atom. The van der Waals surface area contributed by atoms with Crippen LogP contribution in [0.1, 0.15) is 27.8 Å². The van der Waals surface area contributed by atoms with Gasteiger partial charge < -0.3 is 4.90 Å². The number of benzene rings is 7. The van der Waals surface area contributed by atoms with Crippen LogP contribution in [-0.4, -0.2) is 147 Å². The van der Waals surface area contributed by atoms with Crippen LogP contribution < -0.4 is 26.8 Å². The van der Waals surface area contributed by atoms with E-state index in [1.807, 2.05) is 24.3 Å². The summed E-state index contributed by atoms with van der Waals surface area (Å²) in [7, 11) is 121. The average molecular weight is 971 g/mol. The lowest BCUT2D eigenvalue weighted by molar-refractivity contribution is 0.697. The molecule has 332 valence electrons. The number of allylic oxidation sites excluding steroid dienone is 10. The monoisotopic (exact) mass is 973 g/mol. The second-order valence-corrected chi connectivity index (χ2v) is 21.2. The van der Waals surface area contributed by atoms with Crippen LogP contribution in [0.15, 0.2) is 200 Å². The highest BCUT2D eigenvalue weighted by molar-refractivity contribution is 6.63. The molecule has 0 bridgehead atoms. The van der Waals surface area contributed by atoms with Crippen molar-refractivity contribution < 1.29 is 0 Å². The molecule has 0 amide bonds. The van der Waals surface area contributed by atoms with E-state index in [-0.39, 0.29) is 99.0 Å². The summed E-state index contributed by atoms with van der Waals surface area (Å²) in [4.78, 5) is 1.70. The van der Waals surface area contributed by atoms with Gasteiger partial charge in [0.1, 0.15) is 110 Å². The number of hydrogen-bond donors (Lipinski definition) is 0. The molecule has 5 aliphatic carbocycles. The standard InChI is InChI=1S/C61H29B18N/c62-41-37(42(63)50(71)53(74)49(41)70)39-45(66)55(76)59(56(77)46(39)67)80(60-57(78)47(68)40(48(69)58(60)79)38-43(64)51(72)54(75)52(73)44(38)65)27-21-19-24(20-22-27)25-9-7-10-26(23-25)28-14-8-18-35-36(28)31-13-3-6-17-34(31)61(35)32-15-4-1-11-29(32)30-12-2-5-16-33(30)61/h1-23,37,41,43,51,55,59H. The SMILES string of the molecule is [B]C1=C([B])C([B])C([B])C(c2c([B])c([B])c(N(c3ccc(-c4cccc(-c5cccc6c5-c5ccccc5C65c6ccccc6-c6ccccc65)c4)cc3)C3C([B])=C([B])C(C4C([B])=C([B])C([B])=C([B])C4[B])=C([B])C3[B])c([B])c2[B])=C1[B]. The molecule has 0 N–H and O–H groups in total. The number of hydrogen-bond acceptors (Lipinski definition) is 1. The second-order valence-electron chi connectivity index (χ2n) is 21.2. The minimum Gasteiger partial charge on any atom is -0.336 e. The molecule has 0 saturated carbocycles. The van der Waals surface area contributed by atoms with Crippen molar-refractivity contribution in [2.45, 2.75) is 34.7 Å². The molecule has 7 aromatic rings. The first-order valence-electron chi connectivity index (χ1n) is 26.0. The lowest BCUT2D eigenvalue weighted by Crippen LogP contribution is -2.52. The Labute approximate surface area is 494 Å². The topological polar surface area (TPSA) is 3.24 Å².